The van der Waals surface area contributed by atoms with E-state index < -0.39 is 0 Å². The number of likely N-dealkylation sites (tertiary alicyclic amines) is 1. The SMILES string of the molecule is CNCC1CCN(Cc2cccc([N+](=O)[O-])c2)C1.Cl. The second-order valence-corrected chi connectivity index (χ2v) is 4.87. The first-order chi connectivity index (χ1) is 8.69. The summed E-state index contributed by atoms with van der Waals surface area (Å²) in [6.45, 7) is 4.01. The standard InChI is InChI=1S/C13H19N3O2.ClH/c1-14-8-12-5-6-15(10-12)9-11-3-2-4-13(7-11)16(17)18;/h2-4,7,12,14H,5-6,8-10H2,1H3;1H. The zero-order chi connectivity index (χ0) is 13.0. The molecule has 0 spiro atoms. The van der Waals surface area contributed by atoms with Crippen LogP contribution in [0, 0.1) is 16.0 Å². The summed E-state index contributed by atoms with van der Waals surface area (Å²) in [6, 6.07) is 6.93. The molecule has 0 radical (unpaired) electrons. The number of nitro groups is 1. The topological polar surface area (TPSA) is 58.4 Å². The van der Waals surface area contributed by atoms with Crippen LogP contribution in [0.4, 0.5) is 5.69 Å². The fourth-order valence-corrected chi connectivity index (χ4v) is 2.54. The normalized spacial score (nSPS) is 19.1. The minimum Gasteiger partial charge on any atom is -0.319 e. The molecule has 1 N–H and O–H groups in total. The highest BCUT2D eigenvalue weighted by molar-refractivity contribution is 5.85. The molecule has 1 atom stereocenters. The highest BCUT2D eigenvalue weighted by Crippen LogP contribution is 2.20. The Balaban J connectivity index is 0.00000180. The zero-order valence-electron chi connectivity index (χ0n) is 11.0. The van der Waals surface area contributed by atoms with Gasteiger partial charge in [0.15, 0.2) is 0 Å². The number of halogens is 1. The molecule has 5 nitrogen and oxygen atoms in total. The summed E-state index contributed by atoms with van der Waals surface area (Å²) in [7, 11) is 1.98. The van der Waals surface area contributed by atoms with Gasteiger partial charge in [-0.25, -0.2) is 0 Å². The summed E-state index contributed by atoms with van der Waals surface area (Å²) in [5, 5.41) is 13.9. The molecule has 19 heavy (non-hydrogen) atoms. The third-order valence-electron chi connectivity index (χ3n) is 3.39. The zero-order valence-corrected chi connectivity index (χ0v) is 11.9. The number of nitro benzene ring substituents is 1. The number of hydrogen-bond donors (Lipinski definition) is 1. The maximum absolute atomic E-state index is 10.7. The van der Waals surface area contributed by atoms with Crippen LogP contribution in [0.25, 0.3) is 0 Å². The predicted molar refractivity (Wildman–Crippen MR) is 77.7 cm³/mol. The molecule has 1 heterocycles. The van der Waals surface area contributed by atoms with Gasteiger partial charge in [-0.1, -0.05) is 12.1 Å². The lowest BCUT2D eigenvalue weighted by Crippen LogP contribution is -2.24. The van der Waals surface area contributed by atoms with E-state index in [1.165, 1.54) is 12.5 Å². The van der Waals surface area contributed by atoms with Crippen LogP contribution >= 0.6 is 12.4 Å². The van der Waals surface area contributed by atoms with Crippen molar-refractivity contribution in [3.05, 3.63) is 39.9 Å². The van der Waals surface area contributed by atoms with Crippen molar-refractivity contribution >= 4 is 18.1 Å². The van der Waals surface area contributed by atoms with Gasteiger partial charge in [0, 0.05) is 25.2 Å². The van der Waals surface area contributed by atoms with E-state index in [0.717, 1.165) is 31.7 Å². The summed E-state index contributed by atoms with van der Waals surface area (Å²) >= 11 is 0. The van der Waals surface area contributed by atoms with Crippen LogP contribution in [0.3, 0.4) is 0 Å². The van der Waals surface area contributed by atoms with E-state index in [0.29, 0.717) is 5.92 Å². The number of rotatable bonds is 5. The first-order valence-electron chi connectivity index (χ1n) is 6.29. The minimum absolute atomic E-state index is 0. The molecule has 1 aliphatic heterocycles. The summed E-state index contributed by atoms with van der Waals surface area (Å²) in [6.07, 6.45) is 1.20. The van der Waals surface area contributed by atoms with Crippen molar-refractivity contribution in [2.24, 2.45) is 5.92 Å². The molecule has 1 unspecified atom stereocenters. The molecule has 6 heteroatoms. The summed E-state index contributed by atoms with van der Waals surface area (Å²) in [5.74, 6) is 0.702. The summed E-state index contributed by atoms with van der Waals surface area (Å²) < 4.78 is 0. The molecule has 1 aliphatic rings. The predicted octanol–water partition coefficient (Wildman–Crippen LogP) is 2.06. The van der Waals surface area contributed by atoms with Gasteiger partial charge in [-0.3, -0.25) is 15.0 Å². The molecule has 2 rings (SSSR count). The third-order valence-corrected chi connectivity index (χ3v) is 3.39. The summed E-state index contributed by atoms with van der Waals surface area (Å²) in [4.78, 5) is 12.7. The molecule has 1 aromatic rings. The third kappa shape index (κ3) is 4.45. The Morgan fingerprint density at radius 2 is 2.32 bits per heavy atom. The van der Waals surface area contributed by atoms with Crippen LogP contribution in [-0.2, 0) is 6.54 Å². The van der Waals surface area contributed by atoms with Crippen LogP contribution in [0.2, 0.25) is 0 Å². The van der Waals surface area contributed by atoms with Crippen molar-refractivity contribution in [1.82, 2.24) is 10.2 Å². The molecule has 0 bridgehead atoms. The smallest absolute Gasteiger partial charge is 0.269 e. The van der Waals surface area contributed by atoms with Crippen LogP contribution in [0.1, 0.15) is 12.0 Å². The minimum atomic E-state index is -0.336. The van der Waals surface area contributed by atoms with Crippen LogP contribution < -0.4 is 5.32 Å². The Hall–Kier alpha value is -1.17. The Bertz CT molecular complexity index is 428. The van der Waals surface area contributed by atoms with Gasteiger partial charge in [-0.15, -0.1) is 12.4 Å². The molecule has 0 amide bonds. The average Bonchev–Trinajstić information content (AvgIpc) is 2.77. The Labute approximate surface area is 119 Å². The second-order valence-electron chi connectivity index (χ2n) is 4.87. The Morgan fingerprint density at radius 3 is 3.00 bits per heavy atom. The second kappa shape index (κ2) is 7.43. The lowest BCUT2D eigenvalue weighted by Gasteiger charge is -2.15. The van der Waals surface area contributed by atoms with E-state index in [1.54, 1.807) is 12.1 Å². The first-order valence-corrected chi connectivity index (χ1v) is 6.29. The van der Waals surface area contributed by atoms with Gasteiger partial charge in [0.05, 0.1) is 4.92 Å². The molecule has 1 fully saturated rings. The van der Waals surface area contributed by atoms with Crippen molar-refractivity contribution in [1.29, 1.82) is 0 Å². The molecule has 106 valence electrons. The fourth-order valence-electron chi connectivity index (χ4n) is 2.54. The van der Waals surface area contributed by atoms with Gasteiger partial charge in [-0.2, -0.15) is 0 Å². The van der Waals surface area contributed by atoms with Crippen molar-refractivity contribution in [3.8, 4) is 0 Å². The molecule has 1 aromatic carbocycles. The van der Waals surface area contributed by atoms with Crippen molar-refractivity contribution in [2.75, 3.05) is 26.7 Å². The molecular formula is C13H20ClN3O2. The van der Waals surface area contributed by atoms with E-state index in [1.807, 2.05) is 13.1 Å². The average molecular weight is 286 g/mol. The van der Waals surface area contributed by atoms with Gasteiger partial charge < -0.3 is 5.32 Å². The van der Waals surface area contributed by atoms with Crippen molar-refractivity contribution < 1.29 is 4.92 Å². The lowest BCUT2D eigenvalue weighted by atomic mass is 10.1. The Morgan fingerprint density at radius 1 is 1.53 bits per heavy atom. The number of non-ortho nitro benzene ring substituents is 1. The van der Waals surface area contributed by atoms with E-state index in [2.05, 4.69) is 10.2 Å². The highest BCUT2D eigenvalue weighted by atomic mass is 35.5. The monoisotopic (exact) mass is 285 g/mol. The quantitative estimate of drug-likeness (QED) is 0.664. The van der Waals surface area contributed by atoms with E-state index in [9.17, 15) is 10.1 Å². The lowest BCUT2D eigenvalue weighted by molar-refractivity contribution is -0.384. The molecule has 1 saturated heterocycles. The van der Waals surface area contributed by atoms with Crippen LogP contribution in [0.5, 0.6) is 0 Å². The molecule has 0 aliphatic carbocycles. The maximum Gasteiger partial charge on any atom is 0.269 e. The molecule has 0 aromatic heterocycles. The van der Waals surface area contributed by atoms with Crippen LogP contribution in [-0.4, -0.2) is 36.5 Å². The van der Waals surface area contributed by atoms with Gasteiger partial charge in [0.1, 0.15) is 0 Å². The maximum atomic E-state index is 10.7. The number of nitrogens with one attached hydrogen (secondary N) is 1. The van der Waals surface area contributed by atoms with E-state index in [4.69, 9.17) is 0 Å². The largest absolute Gasteiger partial charge is 0.319 e. The van der Waals surface area contributed by atoms with Gasteiger partial charge in [-0.05, 0) is 38.0 Å². The molecular weight excluding hydrogens is 266 g/mol. The molecule has 0 saturated carbocycles. The van der Waals surface area contributed by atoms with Crippen molar-refractivity contribution in [2.45, 2.75) is 13.0 Å². The fraction of sp³-hybridized carbons (Fsp3) is 0.538. The first kappa shape index (κ1) is 15.9. The Kier molecular flexibility index (Phi) is 6.21. The van der Waals surface area contributed by atoms with Gasteiger partial charge in [0.2, 0.25) is 0 Å². The number of benzene rings is 1. The van der Waals surface area contributed by atoms with E-state index >= 15 is 0 Å². The van der Waals surface area contributed by atoms with Crippen LogP contribution in [0.15, 0.2) is 24.3 Å². The van der Waals surface area contributed by atoms with Gasteiger partial charge in [0.25, 0.3) is 5.69 Å². The van der Waals surface area contributed by atoms with E-state index in [-0.39, 0.29) is 23.0 Å². The van der Waals surface area contributed by atoms with Crippen molar-refractivity contribution in [3.63, 3.8) is 0 Å². The highest BCUT2D eigenvalue weighted by Gasteiger charge is 2.21. The van der Waals surface area contributed by atoms with Gasteiger partial charge >= 0.3 is 0 Å². The number of nitrogens with zero attached hydrogens (tertiary/aromatic N) is 2. The number of hydrogen-bond acceptors (Lipinski definition) is 4. The summed E-state index contributed by atoms with van der Waals surface area (Å²) in [5.41, 5.74) is 1.20.